The van der Waals surface area contributed by atoms with Gasteiger partial charge in [-0.15, -0.1) is 0 Å². The van der Waals surface area contributed by atoms with Gasteiger partial charge in [0.05, 0.1) is 20.2 Å². The Morgan fingerprint density at radius 3 is 2.75 bits per heavy atom. The van der Waals surface area contributed by atoms with Crippen molar-refractivity contribution in [3.05, 3.63) is 29.3 Å². The minimum absolute atomic E-state index is 0.0331. The molecule has 130 valence electrons. The Balaban J connectivity index is 2.00. The maximum atomic E-state index is 12.3. The normalized spacial score (nSPS) is 20.2. The molecule has 0 spiro atoms. The molecule has 7 nitrogen and oxygen atoms in total. The fourth-order valence-corrected chi connectivity index (χ4v) is 2.76. The third kappa shape index (κ3) is 4.55. The van der Waals surface area contributed by atoms with E-state index < -0.39 is 12.0 Å². The molecule has 0 saturated carbocycles. The zero-order chi connectivity index (χ0) is 17.7. The monoisotopic (exact) mass is 334 g/mol. The number of esters is 1. The summed E-state index contributed by atoms with van der Waals surface area (Å²) in [6.45, 7) is 5.20. The number of aryl methyl sites for hydroxylation is 2. The molecule has 1 heterocycles. The predicted molar refractivity (Wildman–Crippen MR) is 88.7 cm³/mol. The van der Waals surface area contributed by atoms with Crippen LogP contribution in [0.15, 0.2) is 18.2 Å². The molecule has 1 saturated heterocycles. The quantitative estimate of drug-likeness (QED) is 0.615. The molecular weight excluding hydrogens is 310 g/mol. The van der Waals surface area contributed by atoms with E-state index in [4.69, 9.17) is 0 Å². The van der Waals surface area contributed by atoms with Gasteiger partial charge in [0, 0.05) is 5.69 Å². The van der Waals surface area contributed by atoms with Gasteiger partial charge in [-0.3, -0.25) is 14.4 Å². The lowest BCUT2D eigenvalue weighted by molar-refractivity contribution is -0.909. The number of piperazine rings is 1. The Labute approximate surface area is 141 Å². The summed E-state index contributed by atoms with van der Waals surface area (Å²) in [5.74, 6) is -0.859. The van der Waals surface area contributed by atoms with Gasteiger partial charge in [-0.05, 0) is 37.1 Å². The molecule has 2 atom stereocenters. The molecule has 3 N–H and O–H groups in total. The first-order valence-corrected chi connectivity index (χ1v) is 7.97. The van der Waals surface area contributed by atoms with Crippen molar-refractivity contribution in [3.8, 4) is 0 Å². The lowest BCUT2D eigenvalue weighted by Gasteiger charge is -2.30. The maximum absolute atomic E-state index is 12.3. The van der Waals surface area contributed by atoms with Gasteiger partial charge in [-0.25, -0.2) is 0 Å². The number of quaternary nitrogens is 1. The first-order valence-electron chi connectivity index (χ1n) is 7.97. The van der Waals surface area contributed by atoms with E-state index in [2.05, 4.69) is 15.4 Å². The Hall–Kier alpha value is -2.41. The van der Waals surface area contributed by atoms with Crippen molar-refractivity contribution in [1.29, 1.82) is 0 Å². The summed E-state index contributed by atoms with van der Waals surface area (Å²) < 4.78 is 4.64. The summed E-state index contributed by atoms with van der Waals surface area (Å²) in [5, 5.41) is 5.58. The molecule has 2 amide bonds. The third-order valence-electron chi connectivity index (χ3n) is 4.33. The molecule has 7 heteroatoms. The molecule has 1 aromatic carbocycles. The van der Waals surface area contributed by atoms with Crippen LogP contribution in [0.3, 0.4) is 0 Å². The molecule has 1 fully saturated rings. The summed E-state index contributed by atoms with van der Waals surface area (Å²) in [5.41, 5.74) is 2.99. The topological polar surface area (TPSA) is 88.9 Å². The van der Waals surface area contributed by atoms with E-state index in [1.807, 2.05) is 32.0 Å². The highest BCUT2D eigenvalue weighted by molar-refractivity contribution is 5.92. The van der Waals surface area contributed by atoms with Crippen LogP contribution in [0.5, 0.6) is 0 Å². The van der Waals surface area contributed by atoms with Crippen LogP contribution in [0.2, 0.25) is 0 Å². The number of methoxy groups -OCH3 is 1. The standard InChI is InChI=1S/C17H23N3O4/c1-11-4-5-13(8-12(11)2)19-15(21)10-20-7-6-18-17(23)14(20)9-16(22)24-3/h4-5,8,14H,6-7,9-10H2,1-3H3,(H,18,23)(H,19,21)/p+1/t14-/m0/s1. The van der Waals surface area contributed by atoms with Crippen molar-refractivity contribution >= 4 is 23.5 Å². The van der Waals surface area contributed by atoms with Gasteiger partial charge in [-0.2, -0.15) is 0 Å². The van der Waals surface area contributed by atoms with Gasteiger partial charge in [0.15, 0.2) is 12.6 Å². The zero-order valence-electron chi connectivity index (χ0n) is 14.3. The van der Waals surface area contributed by atoms with E-state index in [1.54, 1.807) is 0 Å². The third-order valence-corrected chi connectivity index (χ3v) is 4.33. The second-order valence-corrected chi connectivity index (χ2v) is 6.06. The molecule has 24 heavy (non-hydrogen) atoms. The summed E-state index contributed by atoms with van der Waals surface area (Å²) in [6, 6.07) is 5.12. The van der Waals surface area contributed by atoms with Crippen molar-refractivity contribution in [2.75, 3.05) is 32.1 Å². The number of amides is 2. The van der Waals surface area contributed by atoms with E-state index in [0.29, 0.717) is 13.1 Å². The van der Waals surface area contributed by atoms with Crippen LogP contribution in [0, 0.1) is 13.8 Å². The largest absolute Gasteiger partial charge is 0.469 e. The fourth-order valence-electron chi connectivity index (χ4n) is 2.76. The van der Waals surface area contributed by atoms with Crippen molar-refractivity contribution in [2.24, 2.45) is 0 Å². The Morgan fingerprint density at radius 1 is 1.33 bits per heavy atom. The number of benzene rings is 1. The average molecular weight is 334 g/mol. The molecule has 0 bridgehead atoms. The number of rotatable bonds is 5. The van der Waals surface area contributed by atoms with Gasteiger partial charge in [-0.1, -0.05) is 6.07 Å². The number of carbonyl (C=O) groups excluding carboxylic acids is 3. The second-order valence-electron chi connectivity index (χ2n) is 6.06. The first kappa shape index (κ1) is 17.9. The SMILES string of the molecule is COC(=O)C[C@H]1C(=O)NCC[NH+]1CC(=O)Nc1ccc(C)c(C)c1. The van der Waals surface area contributed by atoms with Gasteiger partial charge >= 0.3 is 5.97 Å². The van der Waals surface area contributed by atoms with E-state index >= 15 is 0 Å². The van der Waals surface area contributed by atoms with E-state index in [0.717, 1.165) is 21.7 Å². The lowest BCUT2D eigenvalue weighted by atomic mass is 10.1. The average Bonchev–Trinajstić information content (AvgIpc) is 2.54. The van der Waals surface area contributed by atoms with E-state index in [9.17, 15) is 14.4 Å². The highest BCUT2D eigenvalue weighted by Gasteiger charge is 2.36. The lowest BCUT2D eigenvalue weighted by Crippen LogP contribution is -3.20. The highest BCUT2D eigenvalue weighted by Crippen LogP contribution is 2.13. The second kappa shape index (κ2) is 7.92. The minimum Gasteiger partial charge on any atom is -0.469 e. The molecule has 0 radical (unpaired) electrons. The predicted octanol–water partition coefficient (Wildman–Crippen LogP) is -0.812. The van der Waals surface area contributed by atoms with Crippen LogP contribution >= 0.6 is 0 Å². The number of hydrogen-bond donors (Lipinski definition) is 3. The van der Waals surface area contributed by atoms with Gasteiger partial charge in [0.25, 0.3) is 11.8 Å². The van der Waals surface area contributed by atoms with Crippen molar-refractivity contribution in [2.45, 2.75) is 26.3 Å². The van der Waals surface area contributed by atoms with Crippen LogP contribution in [0.25, 0.3) is 0 Å². The van der Waals surface area contributed by atoms with E-state index in [1.165, 1.54) is 7.11 Å². The number of hydrogen-bond acceptors (Lipinski definition) is 4. The molecule has 0 aliphatic carbocycles. The van der Waals surface area contributed by atoms with Gasteiger partial charge < -0.3 is 20.3 Å². The summed E-state index contributed by atoms with van der Waals surface area (Å²) in [4.78, 5) is 36.6. The van der Waals surface area contributed by atoms with Crippen LogP contribution in [0.4, 0.5) is 5.69 Å². The molecule has 0 aromatic heterocycles. The Bertz CT molecular complexity index is 645. The summed E-state index contributed by atoms with van der Waals surface area (Å²) in [7, 11) is 1.29. The fraction of sp³-hybridized carbons (Fsp3) is 0.471. The zero-order valence-corrected chi connectivity index (χ0v) is 14.3. The molecule has 1 aliphatic rings. The number of carbonyl (C=O) groups is 3. The van der Waals surface area contributed by atoms with Crippen molar-refractivity contribution < 1.29 is 24.0 Å². The number of anilines is 1. The van der Waals surface area contributed by atoms with Gasteiger partial charge in [0.1, 0.15) is 6.42 Å². The number of nitrogens with one attached hydrogen (secondary N) is 3. The molecule has 2 rings (SSSR count). The van der Waals surface area contributed by atoms with Crippen molar-refractivity contribution in [1.82, 2.24) is 5.32 Å². The van der Waals surface area contributed by atoms with Crippen LogP contribution in [-0.4, -0.2) is 50.6 Å². The summed E-state index contributed by atoms with van der Waals surface area (Å²) in [6.07, 6.45) is -0.0331. The van der Waals surface area contributed by atoms with E-state index in [-0.39, 0.29) is 24.8 Å². The first-order chi connectivity index (χ1) is 11.4. The number of ether oxygens (including phenoxy) is 1. The highest BCUT2D eigenvalue weighted by atomic mass is 16.5. The smallest absolute Gasteiger partial charge is 0.312 e. The molecule has 1 aromatic rings. The maximum Gasteiger partial charge on any atom is 0.312 e. The molecule has 1 unspecified atom stereocenters. The Morgan fingerprint density at radius 2 is 2.08 bits per heavy atom. The van der Waals surface area contributed by atoms with Crippen LogP contribution in [0.1, 0.15) is 17.5 Å². The van der Waals surface area contributed by atoms with Crippen LogP contribution in [-0.2, 0) is 19.1 Å². The molecule has 1 aliphatic heterocycles. The van der Waals surface area contributed by atoms with Gasteiger partial charge in [0.2, 0.25) is 0 Å². The van der Waals surface area contributed by atoms with Crippen molar-refractivity contribution in [3.63, 3.8) is 0 Å². The van der Waals surface area contributed by atoms with Crippen LogP contribution < -0.4 is 15.5 Å². The summed E-state index contributed by atoms with van der Waals surface area (Å²) >= 11 is 0. The minimum atomic E-state index is -0.600. The molecular formula is C17H24N3O4+. The Kier molecular flexibility index (Phi) is 5.92.